The molecule has 1 saturated heterocycles. The van der Waals surface area contributed by atoms with E-state index >= 15 is 0 Å². The smallest absolute Gasteiger partial charge is 0.305 e. The van der Waals surface area contributed by atoms with Crippen LogP contribution in [0.5, 0.6) is 5.75 Å². The first kappa shape index (κ1) is 27.5. The highest BCUT2D eigenvalue weighted by Crippen LogP contribution is 2.24. The largest absolute Gasteiger partial charge is 0.488 e. The molecule has 0 radical (unpaired) electrons. The number of guanidine groups is 1. The van der Waals surface area contributed by atoms with Gasteiger partial charge in [0.25, 0.3) is 0 Å². The van der Waals surface area contributed by atoms with Gasteiger partial charge in [0.1, 0.15) is 11.9 Å². The number of hydrogen-bond acceptors (Lipinski definition) is 5. The Morgan fingerprint density at radius 1 is 1.23 bits per heavy atom. The van der Waals surface area contributed by atoms with Gasteiger partial charge in [-0.3, -0.25) is 4.79 Å². The van der Waals surface area contributed by atoms with Gasteiger partial charge in [-0.1, -0.05) is 25.0 Å². The number of carbonyl (C=O) groups is 1. The predicted octanol–water partition coefficient (Wildman–Crippen LogP) is 3.96. The second-order valence-corrected chi connectivity index (χ2v) is 7.58. The monoisotopic (exact) mass is 547 g/mol. The van der Waals surface area contributed by atoms with Crippen LogP contribution in [0.15, 0.2) is 23.2 Å². The van der Waals surface area contributed by atoms with Gasteiger partial charge in [0.2, 0.25) is 0 Å². The molecule has 0 saturated carbocycles. The molecule has 0 amide bonds. The van der Waals surface area contributed by atoms with Crippen molar-refractivity contribution >= 4 is 35.9 Å². The third-order valence-electron chi connectivity index (χ3n) is 4.98. The maximum Gasteiger partial charge on any atom is 0.305 e. The molecule has 8 heteroatoms. The number of unbranched alkanes of at least 4 members (excludes halogenated alkanes) is 3. The van der Waals surface area contributed by atoms with E-state index in [2.05, 4.69) is 47.4 Å². The number of aryl methyl sites for hydroxylation is 1. The molecule has 176 valence electrons. The highest BCUT2D eigenvalue weighted by molar-refractivity contribution is 14.0. The zero-order chi connectivity index (χ0) is 21.6. The fourth-order valence-corrected chi connectivity index (χ4v) is 3.25. The van der Waals surface area contributed by atoms with Crippen molar-refractivity contribution < 1.29 is 19.0 Å². The Labute approximate surface area is 203 Å². The summed E-state index contributed by atoms with van der Waals surface area (Å²) in [5.41, 5.74) is 2.25. The van der Waals surface area contributed by atoms with Crippen molar-refractivity contribution in [1.82, 2.24) is 10.6 Å². The number of ether oxygens (including phenoxy) is 3. The Kier molecular flexibility index (Phi) is 14.3. The predicted molar refractivity (Wildman–Crippen MR) is 134 cm³/mol. The lowest BCUT2D eigenvalue weighted by Crippen LogP contribution is -2.37. The molecule has 0 aromatic heterocycles. The third-order valence-corrected chi connectivity index (χ3v) is 4.98. The molecule has 2 rings (SSSR count). The van der Waals surface area contributed by atoms with Crippen molar-refractivity contribution in [3.63, 3.8) is 0 Å². The number of aliphatic imine (C=N–C) groups is 1. The summed E-state index contributed by atoms with van der Waals surface area (Å²) in [4.78, 5) is 15.9. The number of nitrogens with zero attached hydrogens (tertiary/aromatic N) is 1. The lowest BCUT2D eigenvalue weighted by atomic mass is 10.1. The van der Waals surface area contributed by atoms with E-state index < -0.39 is 0 Å². The fourth-order valence-electron chi connectivity index (χ4n) is 3.25. The summed E-state index contributed by atoms with van der Waals surface area (Å²) in [7, 11) is 1.43. The lowest BCUT2D eigenvalue weighted by molar-refractivity contribution is -0.140. The summed E-state index contributed by atoms with van der Waals surface area (Å²) in [5, 5.41) is 6.69. The van der Waals surface area contributed by atoms with E-state index in [1.54, 1.807) is 0 Å². The highest BCUT2D eigenvalue weighted by Gasteiger charge is 2.18. The topological polar surface area (TPSA) is 81.2 Å². The average molecular weight is 547 g/mol. The number of halogens is 1. The molecule has 1 heterocycles. The first-order chi connectivity index (χ1) is 14.6. The van der Waals surface area contributed by atoms with E-state index in [1.165, 1.54) is 12.7 Å². The number of carbonyl (C=O) groups excluding carboxylic acids is 1. The Morgan fingerprint density at radius 2 is 2.03 bits per heavy atom. The molecule has 1 aliphatic rings. The molecular weight excluding hydrogens is 509 g/mol. The molecule has 2 N–H and O–H groups in total. The van der Waals surface area contributed by atoms with Crippen LogP contribution in [0.4, 0.5) is 0 Å². The molecule has 1 aromatic carbocycles. The lowest BCUT2D eigenvalue weighted by Gasteiger charge is -2.16. The van der Waals surface area contributed by atoms with Crippen LogP contribution in [0.3, 0.4) is 0 Å². The van der Waals surface area contributed by atoms with Gasteiger partial charge >= 0.3 is 5.97 Å². The number of nitrogens with one attached hydrogen (secondary N) is 2. The first-order valence-corrected chi connectivity index (χ1v) is 11.0. The number of methoxy groups -OCH3 is 1. The first-order valence-electron chi connectivity index (χ1n) is 11.0. The average Bonchev–Trinajstić information content (AvgIpc) is 3.25. The van der Waals surface area contributed by atoms with Crippen LogP contribution in [0.2, 0.25) is 0 Å². The quantitative estimate of drug-likeness (QED) is 0.136. The van der Waals surface area contributed by atoms with Crippen LogP contribution in [0, 0.1) is 6.92 Å². The number of benzene rings is 1. The number of rotatable bonds is 12. The summed E-state index contributed by atoms with van der Waals surface area (Å²) >= 11 is 0. The Balaban J connectivity index is 0.00000480. The van der Waals surface area contributed by atoms with Crippen molar-refractivity contribution in [1.29, 1.82) is 0 Å². The van der Waals surface area contributed by atoms with E-state index in [0.29, 0.717) is 19.6 Å². The number of esters is 1. The minimum Gasteiger partial charge on any atom is -0.488 e. The SMILES string of the molecule is CCNC(=NCc1ccc(C)cc1OC1CCOC1)NCCCCCCC(=O)OC.I. The van der Waals surface area contributed by atoms with Gasteiger partial charge in [-0.2, -0.15) is 0 Å². The molecule has 0 spiro atoms. The summed E-state index contributed by atoms with van der Waals surface area (Å²) in [5.74, 6) is 1.58. The molecule has 0 aliphatic carbocycles. The second-order valence-electron chi connectivity index (χ2n) is 7.58. The van der Waals surface area contributed by atoms with Crippen LogP contribution >= 0.6 is 24.0 Å². The summed E-state index contributed by atoms with van der Waals surface area (Å²) in [6, 6.07) is 6.27. The third kappa shape index (κ3) is 11.0. The van der Waals surface area contributed by atoms with Gasteiger partial charge in [0.15, 0.2) is 5.96 Å². The van der Waals surface area contributed by atoms with Crippen molar-refractivity contribution in [3.8, 4) is 5.75 Å². The van der Waals surface area contributed by atoms with E-state index in [1.807, 2.05) is 0 Å². The molecule has 7 nitrogen and oxygen atoms in total. The van der Waals surface area contributed by atoms with Crippen LogP contribution in [-0.2, 0) is 20.8 Å². The van der Waals surface area contributed by atoms with Crippen molar-refractivity contribution in [3.05, 3.63) is 29.3 Å². The van der Waals surface area contributed by atoms with E-state index in [4.69, 9.17) is 14.5 Å². The Bertz CT molecular complexity index is 679. The normalized spacial score (nSPS) is 15.8. The van der Waals surface area contributed by atoms with Gasteiger partial charge in [0, 0.05) is 31.5 Å². The standard InChI is InChI=1S/C23H37N3O4.HI/c1-4-24-23(25-13-8-6-5-7-9-22(27)28-3)26-16-19-11-10-18(2)15-21(19)30-20-12-14-29-17-20;/h10-11,15,20H,4-9,12-14,16-17H2,1-3H3,(H2,24,25,26);1H. The van der Waals surface area contributed by atoms with Crippen LogP contribution < -0.4 is 15.4 Å². The van der Waals surface area contributed by atoms with E-state index in [0.717, 1.165) is 69.1 Å². The molecule has 1 unspecified atom stereocenters. The molecule has 31 heavy (non-hydrogen) atoms. The van der Waals surface area contributed by atoms with Crippen LogP contribution in [0.25, 0.3) is 0 Å². The number of hydrogen-bond donors (Lipinski definition) is 2. The Hall–Kier alpha value is -1.55. The summed E-state index contributed by atoms with van der Waals surface area (Å²) in [6.07, 6.45) is 5.57. The zero-order valence-corrected chi connectivity index (χ0v) is 21.4. The molecule has 1 fully saturated rings. The summed E-state index contributed by atoms with van der Waals surface area (Å²) < 4.78 is 16.3. The molecule has 1 aromatic rings. The molecule has 1 aliphatic heterocycles. The second kappa shape index (κ2) is 16.1. The van der Waals surface area contributed by atoms with E-state index in [9.17, 15) is 4.79 Å². The Morgan fingerprint density at radius 3 is 2.74 bits per heavy atom. The van der Waals surface area contributed by atoms with Gasteiger partial charge in [-0.05, 0) is 38.3 Å². The minimum atomic E-state index is -0.130. The maximum absolute atomic E-state index is 11.1. The van der Waals surface area contributed by atoms with Crippen molar-refractivity contribution in [2.45, 2.75) is 65.0 Å². The molecule has 0 bridgehead atoms. The minimum absolute atomic E-state index is 0. The van der Waals surface area contributed by atoms with Gasteiger partial charge < -0.3 is 24.8 Å². The van der Waals surface area contributed by atoms with E-state index in [-0.39, 0.29) is 36.0 Å². The van der Waals surface area contributed by atoms with Crippen molar-refractivity contribution in [2.75, 3.05) is 33.4 Å². The molecule has 1 atom stereocenters. The van der Waals surface area contributed by atoms with Gasteiger partial charge in [-0.15, -0.1) is 24.0 Å². The van der Waals surface area contributed by atoms with Crippen molar-refractivity contribution in [2.24, 2.45) is 4.99 Å². The van der Waals surface area contributed by atoms with Crippen LogP contribution in [0.1, 0.15) is 56.6 Å². The maximum atomic E-state index is 11.1. The zero-order valence-electron chi connectivity index (χ0n) is 19.1. The summed E-state index contributed by atoms with van der Waals surface area (Å²) in [6.45, 7) is 7.76. The van der Waals surface area contributed by atoms with Gasteiger partial charge in [-0.25, -0.2) is 4.99 Å². The van der Waals surface area contributed by atoms with Gasteiger partial charge in [0.05, 0.1) is 26.9 Å². The highest BCUT2D eigenvalue weighted by atomic mass is 127. The molecular formula is C23H38IN3O4. The van der Waals surface area contributed by atoms with Crippen LogP contribution in [-0.4, -0.2) is 51.4 Å². The fraction of sp³-hybridized carbons (Fsp3) is 0.652.